The van der Waals surface area contributed by atoms with Crippen molar-refractivity contribution < 1.29 is 0 Å². The van der Waals surface area contributed by atoms with Crippen LogP contribution in [-0.4, -0.2) is 9.78 Å². The maximum atomic E-state index is 5.87. The number of nitrogens with zero attached hydrogens (tertiary/aromatic N) is 2. The van der Waals surface area contributed by atoms with E-state index in [0.29, 0.717) is 0 Å². The molecule has 0 fully saturated rings. The molecule has 0 spiro atoms. The molecule has 0 amide bonds. The van der Waals surface area contributed by atoms with Crippen molar-refractivity contribution in [3.63, 3.8) is 0 Å². The zero-order chi connectivity index (χ0) is 9.30. The first-order chi connectivity index (χ1) is 5.54. The molecule has 1 aromatic rings. The fourth-order valence-corrected chi connectivity index (χ4v) is 1.35. The van der Waals surface area contributed by atoms with E-state index < -0.39 is 0 Å². The summed E-state index contributed by atoms with van der Waals surface area (Å²) >= 11 is 3.40. The lowest BCUT2D eigenvalue weighted by molar-refractivity contribution is 0.744. The van der Waals surface area contributed by atoms with E-state index in [2.05, 4.69) is 27.6 Å². The van der Waals surface area contributed by atoms with Gasteiger partial charge in [-0.15, -0.1) is 0 Å². The van der Waals surface area contributed by atoms with E-state index in [0.717, 1.165) is 15.7 Å². The molecule has 2 N–H and O–H groups in total. The molecule has 4 heteroatoms. The molecule has 1 atom stereocenters. The van der Waals surface area contributed by atoms with Crippen LogP contribution in [0.1, 0.15) is 18.5 Å². The highest BCUT2D eigenvalue weighted by atomic mass is 79.9. The summed E-state index contributed by atoms with van der Waals surface area (Å²) in [5.74, 6) is 0. The number of rotatable bonds is 2. The minimum absolute atomic E-state index is 0.131. The van der Waals surface area contributed by atoms with Crippen molar-refractivity contribution in [1.82, 2.24) is 9.78 Å². The molecule has 12 heavy (non-hydrogen) atoms. The standard InChI is InChI=1S/C8H12BrN3/c1-5(2)7(10)6-4-11-12(3)8(6)9/h4,7H,1,10H2,2-3H3. The lowest BCUT2D eigenvalue weighted by Gasteiger charge is -2.09. The number of aromatic nitrogens is 2. The molecule has 0 bridgehead atoms. The average Bonchev–Trinajstić information content (AvgIpc) is 2.32. The lowest BCUT2D eigenvalue weighted by Crippen LogP contribution is -2.10. The van der Waals surface area contributed by atoms with Gasteiger partial charge in [0.25, 0.3) is 0 Å². The zero-order valence-corrected chi connectivity index (χ0v) is 8.80. The average molecular weight is 230 g/mol. The molecule has 3 nitrogen and oxygen atoms in total. The normalized spacial score (nSPS) is 13.0. The number of halogens is 1. The quantitative estimate of drug-likeness (QED) is 0.786. The van der Waals surface area contributed by atoms with E-state index in [1.54, 1.807) is 10.9 Å². The van der Waals surface area contributed by atoms with Gasteiger partial charge in [-0.25, -0.2) is 0 Å². The first-order valence-corrected chi connectivity index (χ1v) is 4.41. The van der Waals surface area contributed by atoms with Gasteiger partial charge in [0, 0.05) is 12.6 Å². The number of nitrogens with two attached hydrogens (primary N) is 1. The van der Waals surface area contributed by atoms with Gasteiger partial charge in [0.05, 0.1) is 12.2 Å². The molecule has 0 aliphatic rings. The Morgan fingerprint density at radius 2 is 2.42 bits per heavy atom. The van der Waals surface area contributed by atoms with Gasteiger partial charge in [-0.1, -0.05) is 12.2 Å². The fraction of sp³-hybridized carbons (Fsp3) is 0.375. The SMILES string of the molecule is C=C(C)C(N)c1cnn(C)c1Br. The third-order valence-corrected chi connectivity index (χ3v) is 2.73. The summed E-state index contributed by atoms with van der Waals surface area (Å²) in [7, 11) is 1.86. The Kier molecular flexibility index (Phi) is 2.69. The number of aryl methyl sites for hydroxylation is 1. The first-order valence-electron chi connectivity index (χ1n) is 3.62. The molecule has 0 saturated carbocycles. The molecule has 1 heterocycles. The zero-order valence-electron chi connectivity index (χ0n) is 7.21. The topological polar surface area (TPSA) is 43.8 Å². The molecular weight excluding hydrogens is 218 g/mol. The van der Waals surface area contributed by atoms with Crippen LogP contribution < -0.4 is 5.73 Å². The molecular formula is C8H12BrN3. The van der Waals surface area contributed by atoms with E-state index >= 15 is 0 Å². The molecule has 0 aliphatic carbocycles. The second-order valence-corrected chi connectivity index (χ2v) is 3.59. The van der Waals surface area contributed by atoms with Gasteiger partial charge >= 0.3 is 0 Å². The lowest BCUT2D eigenvalue weighted by atomic mass is 10.1. The van der Waals surface area contributed by atoms with Crippen molar-refractivity contribution in [3.8, 4) is 0 Å². The van der Waals surface area contributed by atoms with Crippen molar-refractivity contribution in [1.29, 1.82) is 0 Å². The van der Waals surface area contributed by atoms with E-state index in [9.17, 15) is 0 Å². The molecule has 0 aliphatic heterocycles. The van der Waals surface area contributed by atoms with Crippen molar-refractivity contribution in [2.45, 2.75) is 13.0 Å². The molecule has 0 radical (unpaired) electrons. The van der Waals surface area contributed by atoms with Crippen LogP contribution in [0.4, 0.5) is 0 Å². The van der Waals surface area contributed by atoms with E-state index in [1.807, 2.05) is 14.0 Å². The van der Waals surface area contributed by atoms with E-state index in [4.69, 9.17) is 5.73 Å². The molecule has 66 valence electrons. The molecule has 1 rings (SSSR count). The van der Waals surface area contributed by atoms with Gasteiger partial charge in [0.1, 0.15) is 4.60 Å². The van der Waals surface area contributed by atoms with Gasteiger partial charge in [-0.2, -0.15) is 5.10 Å². The summed E-state index contributed by atoms with van der Waals surface area (Å²) in [5.41, 5.74) is 7.78. The highest BCUT2D eigenvalue weighted by Gasteiger charge is 2.13. The Bertz CT molecular complexity index is 303. The Labute approximate surface area is 80.4 Å². The van der Waals surface area contributed by atoms with Crippen LogP contribution in [0, 0.1) is 0 Å². The second-order valence-electron chi connectivity index (χ2n) is 2.84. The van der Waals surface area contributed by atoms with Crippen LogP contribution in [0.5, 0.6) is 0 Å². The van der Waals surface area contributed by atoms with E-state index in [1.165, 1.54) is 0 Å². The highest BCUT2D eigenvalue weighted by Crippen LogP contribution is 2.24. The second kappa shape index (κ2) is 3.41. The maximum absolute atomic E-state index is 5.87. The van der Waals surface area contributed by atoms with Crippen LogP contribution in [0.3, 0.4) is 0 Å². The Hall–Kier alpha value is -0.610. The Morgan fingerprint density at radius 1 is 1.83 bits per heavy atom. The van der Waals surface area contributed by atoms with Crippen LogP contribution in [-0.2, 0) is 7.05 Å². The Morgan fingerprint density at radius 3 is 2.75 bits per heavy atom. The summed E-state index contributed by atoms with van der Waals surface area (Å²) in [6, 6.07) is -0.131. The molecule has 0 aromatic carbocycles. The van der Waals surface area contributed by atoms with Gasteiger partial charge in [-0.05, 0) is 22.9 Å². The first kappa shape index (κ1) is 9.48. The highest BCUT2D eigenvalue weighted by molar-refractivity contribution is 9.10. The largest absolute Gasteiger partial charge is 0.320 e. The van der Waals surface area contributed by atoms with Crippen LogP contribution >= 0.6 is 15.9 Å². The summed E-state index contributed by atoms with van der Waals surface area (Å²) in [5, 5.41) is 4.07. The summed E-state index contributed by atoms with van der Waals surface area (Å²) in [4.78, 5) is 0. The minimum Gasteiger partial charge on any atom is -0.320 e. The van der Waals surface area contributed by atoms with Gasteiger partial charge in [-0.3, -0.25) is 4.68 Å². The van der Waals surface area contributed by atoms with Crippen LogP contribution in [0.25, 0.3) is 0 Å². The van der Waals surface area contributed by atoms with Gasteiger partial charge in [0.2, 0.25) is 0 Å². The third-order valence-electron chi connectivity index (χ3n) is 1.76. The molecule has 1 aromatic heterocycles. The Balaban J connectivity index is 3.03. The van der Waals surface area contributed by atoms with Crippen molar-refractivity contribution in [3.05, 3.63) is 28.5 Å². The van der Waals surface area contributed by atoms with E-state index in [-0.39, 0.29) is 6.04 Å². The third kappa shape index (κ3) is 1.59. The molecule has 0 saturated heterocycles. The van der Waals surface area contributed by atoms with Crippen LogP contribution in [0.2, 0.25) is 0 Å². The summed E-state index contributed by atoms with van der Waals surface area (Å²) in [6.07, 6.45) is 1.75. The summed E-state index contributed by atoms with van der Waals surface area (Å²) in [6.45, 7) is 5.71. The monoisotopic (exact) mass is 229 g/mol. The van der Waals surface area contributed by atoms with Crippen LogP contribution in [0.15, 0.2) is 23.0 Å². The maximum Gasteiger partial charge on any atom is 0.108 e. The van der Waals surface area contributed by atoms with Crippen molar-refractivity contribution in [2.24, 2.45) is 12.8 Å². The van der Waals surface area contributed by atoms with Gasteiger partial charge in [0.15, 0.2) is 0 Å². The van der Waals surface area contributed by atoms with Crippen molar-refractivity contribution >= 4 is 15.9 Å². The molecule has 1 unspecified atom stereocenters. The predicted molar refractivity (Wildman–Crippen MR) is 52.7 cm³/mol. The fourth-order valence-electron chi connectivity index (χ4n) is 0.914. The minimum atomic E-state index is -0.131. The smallest absolute Gasteiger partial charge is 0.108 e. The van der Waals surface area contributed by atoms with Gasteiger partial charge < -0.3 is 5.73 Å². The number of hydrogen-bond donors (Lipinski definition) is 1. The predicted octanol–water partition coefficient (Wildman–Crippen LogP) is 1.76. The number of hydrogen-bond acceptors (Lipinski definition) is 2. The van der Waals surface area contributed by atoms with Crippen molar-refractivity contribution in [2.75, 3.05) is 0 Å². The summed E-state index contributed by atoms with van der Waals surface area (Å²) < 4.78 is 2.65.